The number of tetrazole rings is 1. The van der Waals surface area contributed by atoms with Gasteiger partial charge in [0.1, 0.15) is 0 Å². The molecule has 0 aliphatic carbocycles. The van der Waals surface area contributed by atoms with Gasteiger partial charge in [0.2, 0.25) is 5.16 Å². The maximum atomic E-state index is 13.1. The number of hydrogen-bond donors (Lipinski definition) is 1. The van der Waals surface area contributed by atoms with Crippen LogP contribution in [0.2, 0.25) is 0 Å². The van der Waals surface area contributed by atoms with Crippen molar-refractivity contribution in [2.24, 2.45) is 0 Å². The number of hydrogen-bond acceptors (Lipinski definition) is 8. The Morgan fingerprint density at radius 2 is 2.10 bits per heavy atom. The maximum absolute atomic E-state index is 13.1. The normalized spacial score (nSPS) is 11.3. The summed E-state index contributed by atoms with van der Waals surface area (Å²) in [5, 5.41) is 19.9. The first-order valence-corrected chi connectivity index (χ1v) is 10.2. The number of rotatable bonds is 5. The third-order valence-corrected chi connectivity index (χ3v) is 5.06. The number of pyridine rings is 1. The minimum absolute atomic E-state index is 0.143. The summed E-state index contributed by atoms with van der Waals surface area (Å²) in [5.41, 5.74) is 3.62. The molecule has 10 heteroatoms. The zero-order chi connectivity index (χ0) is 20.5. The van der Waals surface area contributed by atoms with Gasteiger partial charge in [0.25, 0.3) is 11.6 Å². The number of amides is 1. The van der Waals surface area contributed by atoms with Gasteiger partial charge >= 0.3 is 0 Å². The molecule has 0 unspecified atom stereocenters. The first kappa shape index (κ1) is 19.1. The molecule has 4 rings (SSSR count). The fraction of sp³-hybridized carbons (Fsp3) is 0.263. The number of anilines is 1. The molecule has 4 aromatic rings. The number of aryl methyl sites for hydroxylation is 1. The van der Waals surface area contributed by atoms with Crippen LogP contribution in [0.3, 0.4) is 0 Å². The molecule has 0 spiro atoms. The summed E-state index contributed by atoms with van der Waals surface area (Å²) in [7, 11) is 0. The van der Waals surface area contributed by atoms with E-state index in [1.807, 2.05) is 44.4 Å². The predicted octanol–water partition coefficient (Wildman–Crippen LogP) is 3.60. The second kappa shape index (κ2) is 7.63. The number of carbonyl (C=O) groups excluding carboxylic acids is 1. The number of thioether (sulfide) groups is 1. The average molecular weight is 409 g/mol. The van der Waals surface area contributed by atoms with Crippen molar-refractivity contribution in [1.29, 1.82) is 0 Å². The summed E-state index contributed by atoms with van der Waals surface area (Å²) < 4.78 is 6.92. The number of benzene rings is 1. The Labute approximate surface area is 170 Å². The fourth-order valence-electron chi connectivity index (χ4n) is 2.97. The van der Waals surface area contributed by atoms with Crippen molar-refractivity contribution in [2.75, 3.05) is 11.6 Å². The molecule has 0 bridgehead atoms. The predicted molar refractivity (Wildman–Crippen MR) is 110 cm³/mol. The lowest BCUT2D eigenvalue weighted by Gasteiger charge is -2.11. The van der Waals surface area contributed by atoms with Crippen molar-refractivity contribution in [1.82, 2.24) is 30.3 Å². The summed E-state index contributed by atoms with van der Waals surface area (Å²) >= 11 is 1.44. The highest BCUT2D eigenvalue weighted by atomic mass is 32.2. The van der Waals surface area contributed by atoms with Crippen molar-refractivity contribution in [3.8, 4) is 5.69 Å². The Kier molecular flexibility index (Phi) is 5.01. The number of nitrogens with one attached hydrogen (secondary N) is 1. The van der Waals surface area contributed by atoms with Crippen LogP contribution in [0.15, 0.2) is 40.0 Å². The van der Waals surface area contributed by atoms with E-state index in [4.69, 9.17) is 4.52 Å². The van der Waals surface area contributed by atoms with Crippen LogP contribution in [-0.2, 0) is 0 Å². The van der Waals surface area contributed by atoms with Crippen LogP contribution in [-0.4, -0.2) is 42.5 Å². The Bertz CT molecular complexity index is 1200. The first-order valence-electron chi connectivity index (χ1n) is 8.99. The van der Waals surface area contributed by atoms with E-state index in [9.17, 15) is 4.79 Å². The molecule has 0 saturated carbocycles. The molecular weight excluding hydrogens is 390 g/mol. The Morgan fingerprint density at radius 1 is 1.28 bits per heavy atom. The first-order chi connectivity index (χ1) is 14.0. The van der Waals surface area contributed by atoms with E-state index in [1.165, 1.54) is 11.8 Å². The van der Waals surface area contributed by atoms with E-state index in [1.54, 1.807) is 17.7 Å². The molecule has 3 aromatic heterocycles. The molecule has 0 atom stereocenters. The highest BCUT2D eigenvalue weighted by Gasteiger charge is 2.20. The van der Waals surface area contributed by atoms with Gasteiger partial charge < -0.3 is 9.84 Å². The van der Waals surface area contributed by atoms with E-state index in [0.717, 1.165) is 11.4 Å². The van der Waals surface area contributed by atoms with Gasteiger partial charge in [-0.25, -0.2) is 4.98 Å². The second-order valence-electron chi connectivity index (χ2n) is 6.78. The van der Waals surface area contributed by atoms with Gasteiger partial charge in [-0.2, -0.15) is 4.68 Å². The fourth-order valence-corrected chi connectivity index (χ4v) is 3.40. The topological polar surface area (TPSA) is 112 Å². The highest BCUT2D eigenvalue weighted by molar-refractivity contribution is 7.98. The van der Waals surface area contributed by atoms with Crippen molar-refractivity contribution in [2.45, 2.75) is 31.8 Å². The van der Waals surface area contributed by atoms with Crippen LogP contribution in [0.5, 0.6) is 0 Å². The van der Waals surface area contributed by atoms with Crippen molar-refractivity contribution < 1.29 is 9.32 Å². The van der Waals surface area contributed by atoms with Gasteiger partial charge in [-0.1, -0.05) is 36.8 Å². The molecule has 3 heterocycles. The lowest BCUT2D eigenvalue weighted by atomic mass is 10.0. The van der Waals surface area contributed by atoms with Gasteiger partial charge in [0.15, 0.2) is 0 Å². The molecule has 0 fully saturated rings. The number of carbonyl (C=O) groups is 1. The summed E-state index contributed by atoms with van der Waals surface area (Å²) in [6.45, 7) is 5.82. The average Bonchev–Trinajstić information content (AvgIpc) is 3.34. The zero-order valence-corrected chi connectivity index (χ0v) is 17.2. The minimum atomic E-state index is -0.260. The third kappa shape index (κ3) is 3.58. The summed E-state index contributed by atoms with van der Waals surface area (Å²) in [6.07, 6.45) is 1.90. The van der Waals surface area contributed by atoms with E-state index in [2.05, 4.69) is 31.0 Å². The summed E-state index contributed by atoms with van der Waals surface area (Å²) in [6, 6.07) is 9.13. The number of nitrogens with zero attached hydrogens (tertiary/aromatic N) is 6. The maximum Gasteiger partial charge on any atom is 0.259 e. The molecule has 1 N–H and O–H groups in total. The number of fused-ring (bicyclic) bond motifs is 1. The lowest BCUT2D eigenvalue weighted by molar-refractivity contribution is 0.102. The van der Waals surface area contributed by atoms with Gasteiger partial charge in [-0.3, -0.25) is 4.79 Å². The molecular formula is C19H19N7O2S. The molecule has 0 aliphatic rings. The third-order valence-electron chi connectivity index (χ3n) is 4.45. The van der Waals surface area contributed by atoms with Crippen LogP contribution < -0.4 is 5.32 Å². The summed E-state index contributed by atoms with van der Waals surface area (Å²) in [5.74, 6) is -0.117. The smallest absolute Gasteiger partial charge is 0.259 e. The lowest BCUT2D eigenvalue weighted by Crippen LogP contribution is -2.14. The largest absolute Gasteiger partial charge is 0.336 e. The Morgan fingerprint density at radius 3 is 2.86 bits per heavy atom. The van der Waals surface area contributed by atoms with Crippen LogP contribution in [0.1, 0.15) is 41.5 Å². The quantitative estimate of drug-likeness (QED) is 0.498. The van der Waals surface area contributed by atoms with Crippen LogP contribution in [0, 0.1) is 6.92 Å². The van der Waals surface area contributed by atoms with Gasteiger partial charge in [0.05, 0.1) is 22.3 Å². The standard InChI is InChI=1S/C19H19N7O2S/c1-10(2)15-9-14(16-11(3)23-28-18(16)21-15)17(27)20-12-6-5-7-13(8-12)26-19(29-4)22-24-25-26/h5-10H,1-4H3,(H,20,27). The van der Waals surface area contributed by atoms with Gasteiger partial charge in [-0.05, 0) is 53.8 Å². The monoisotopic (exact) mass is 409 g/mol. The van der Waals surface area contributed by atoms with Crippen molar-refractivity contribution in [3.05, 3.63) is 47.3 Å². The molecule has 0 saturated heterocycles. The Balaban J connectivity index is 1.70. The molecule has 1 amide bonds. The van der Waals surface area contributed by atoms with Crippen molar-refractivity contribution in [3.63, 3.8) is 0 Å². The van der Waals surface area contributed by atoms with Gasteiger partial charge in [0, 0.05) is 11.4 Å². The molecule has 0 aliphatic heterocycles. The summed E-state index contributed by atoms with van der Waals surface area (Å²) in [4.78, 5) is 17.6. The molecule has 0 radical (unpaired) electrons. The van der Waals surface area contributed by atoms with Crippen LogP contribution in [0.4, 0.5) is 5.69 Å². The second-order valence-corrected chi connectivity index (χ2v) is 7.55. The van der Waals surface area contributed by atoms with E-state index in [0.29, 0.717) is 33.2 Å². The molecule has 148 valence electrons. The Hall–Kier alpha value is -3.27. The van der Waals surface area contributed by atoms with E-state index < -0.39 is 0 Å². The van der Waals surface area contributed by atoms with E-state index in [-0.39, 0.29) is 11.8 Å². The molecule has 29 heavy (non-hydrogen) atoms. The van der Waals surface area contributed by atoms with Crippen LogP contribution >= 0.6 is 11.8 Å². The van der Waals surface area contributed by atoms with E-state index >= 15 is 0 Å². The van der Waals surface area contributed by atoms with Crippen molar-refractivity contribution >= 4 is 34.5 Å². The van der Waals surface area contributed by atoms with Gasteiger partial charge in [-0.15, -0.1) is 5.10 Å². The molecule has 9 nitrogen and oxygen atoms in total. The number of aromatic nitrogens is 6. The highest BCUT2D eigenvalue weighted by Crippen LogP contribution is 2.26. The zero-order valence-electron chi connectivity index (χ0n) is 16.4. The SMILES string of the molecule is CSc1nnnn1-c1cccc(NC(=O)c2cc(C(C)C)nc3onc(C)c23)c1. The molecule has 1 aromatic carbocycles. The minimum Gasteiger partial charge on any atom is -0.336 e. The van der Waals surface area contributed by atoms with Crippen LogP contribution in [0.25, 0.3) is 16.8 Å².